The fourth-order valence-corrected chi connectivity index (χ4v) is 8.54. The summed E-state index contributed by atoms with van der Waals surface area (Å²) in [4.78, 5) is 2.49. The summed E-state index contributed by atoms with van der Waals surface area (Å²) in [5.41, 5.74) is 14.4. The molecule has 6 aromatic carbocycles. The molecule has 0 N–H and O–H groups in total. The van der Waals surface area contributed by atoms with E-state index in [1.807, 2.05) is 0 Å². The number of rotatable bonds is 3. The minimum absolute atomic E-state index is 0.0851. The maximum absolute atomic E-state index is 2.61. The van der Waals surface area contributed by atoms with Crippen LogP contribution in [0.1, 0.15) is 76.3 Å². The lowest BCUT2D eigenvalue weighted by Crippen LogP contribution is -2.33. The zero-order valence-corrected chi connectivity index (χ0v) is 27.9. The summed E-state index contributed by atoms with van der Waals surface area (Å²) in [7, 11) is 0. The Labute approximate surface area is 271 Å². The van der Waals surface area contributed by atoms with Crippen molar-refractivity contribution in [2.75, 3.05) is 4.90 Å². The van der Waals surface area contributed by atoms with Crippen LogP contribution >= 0.6 is 0 Å². The third-order valence-corrected chi connectivity index (χ3v) is 11.1. The van der Waals surface area contributed by atoms with Crippen molar-refractivity contribution >= 4 is 49.6 Å². The highest BCUT2D eigenvalue weighted by atomic mass is 15.1. The largest absolute Gasteiger partial charge is 0.310 e. The number of para-hydroxylation sites is 2. The molecule has 2 heteroatoms. The van der Waals surface area contributed by atoms with Crippen LogP contribution in [-0.2, 0) is 16.2 Å². The summed E-state index contributed by atoms with van der Waals surface area (Å²) in [6.45, 7) is 16.5. The molecule has 7 aromatic rings. The van der Waals surface area contributed by atoms with E-state index < -0.39 is 0 Å². The van der Waals surface area contributed by atoms with Gasteiger partial charge >= 0.3 is 0 Å². The monoisotopic (exact) mass is 596 g/mol. The maximum atomic E-state index is 2.61. The molecule has 2 aliphatic heterocycles. The number of hydrogen-bond donors (Lipinski definition) is 0. The number of fused-ring (bicyclic) bond motifs is 2. The van der Waals surface area contributed by atoms with E-state index in [0.29, 0.717) is 0 Å². The second kappa shape index (κ2) is 8.91. The number of hydrogen-bond acceptors (Lipinski definition) is 1. The predicted octanol–water partition coefficient (Wildman–Crippen LogP) is 12.0. The maximum Gasteiger partial charge on any atom is 0.0583 e. The Balaban J connectivity index is 1.41. The van der Waals surface area contributed by atoms with E-state index in [0.717, 1.165) is 0 Å². The van der Waals surface area contributed by atoms with Crippen LogP contribution in [0, 0.1) is 0 Å². The smallest absolute Gasteiger partial charge is 0.0583 e. The minimum atomic E-state index is -0.182. The molecule has 0 unspecified atom stereocenters. The molecule has 0 fully saturated rings. The van der Waals surface area contributed by atoms with Crippen molar-refractivity contribution < 1.29 is 0 Å². The van der Waals surface area contributed by atoms with Crippen LogP contribution in [0.25, 0.3) is 38.3 Å². The molecule has 0 atom stereocenters. The van der Waals surface area contributed by atoms with Gasteiger partial charge in [-0.1, -0.05) is 133 Å². The van der Waals surface area contributed by atoms with Gasteiger partial charge in [-0.2, -0.15) is 0 Å². The zero-order valence-electron chi connectivity index (χ0n) is 27.9. The molecule has 226 valence electrons. The highest BCUT2D eigenvalue weighted by Gasteiger charge is 2.43. The molecule has 0 aliphatic carbocycles. The molecular weight excluding hydrogens is 556 g/mol. The van der Waals surface area contributed by atoms with E-state index >= 15 is 0 Å². The summed E-state index contributed by atoms with van der Waals surface area (Å²) in [6.07, 6.45) is 0. The third kappa shape index (κ3) is 3.48. The standard InChI is InChI=1S/C44H40N2/c1-42(2,3)28-21-23-29(24-22-28)45(38-20-10-14-27-13-8-9-15-31(27)38)30-25-33-32-16-11-17-34-39(32)46-40(33)37(26-30)44(6,7)36-19-12-18-35(41(36)46)43(34,4)5/h8-26H,1-7H3. The quantitative estimate of drug-likeness (QED) is 0.197. The lowest BCUT2D eigenvalue weighted by molar-refractivity contribution is 0.590. The molecule has 0 amide bonds. The predicted molar refractivity (Wildman–Crippen MR) is 196 cm³/mol. The van der Waals surface area contributed by atoms with Gasteiger partial charge in [-0.3, -0.25) is 0 Å². The lowest BCUT2D eigenvalue weighted by Gasteiger charge is -2.42. The fraction of sp³-hybridized carbons (Fsp3) is 0.227. The van der Waals surface area contributed by atoms with Crippen molar-refractivity contribution in [2.24, 2.45) is 0 Å². The number of aromatic nitrogens is 1. The van der Waals surface area contributed by atoms with Crippen LogP contribution in [-0.4, -0.2) is 4.57 Å². The van der Waals surface area contributed by atoms with E-state index in [1.54, 1.807) is 0 Å². The average Bonchev–Trinajstić information content (AvgIpc) is 3.37. The van der Waals surface area contributed by atoms with E-state index in [-0.39, 0.29) is 16.2 Å². The molecule has 2 nitrogen and oxygen atoms in total. The summed E-state index contributed by atoms with van der Waals surface area (Å²) in [5, 5.41) is 5.15. The Bertz CT molecular complexity index is 2390. The number of benzene rings is 6. The van der Waals surface area contributed by atoms with Gasteiger partial charge in [0.05, 0.1) is 22.4 Å². The molecule has 9 rings (SSSR count). The van der Waals surface area contributed by atoms with E-state index in [1.165, 1.54) is 83.1 Å². The van der Waals surface area contributed by atoms with Gasteiger partial charge in [0.15, 0.2) is 0 Å². The van der Waals surface area contributed by atoms with Crippen LogP contribution in [0.4, 0.5) is 17.1 Å². The van der Waals surface area contributed by atoms with Crippen molar-refractivity contribution in [1.29, 1.82) is 0 Å². The summed E-state index contributed by atoms with van der Waals surface area (Å²) >= 11 is 0. The first-order valence-corrected chi connectivity index (χ1v) is 16.6. The number of nitrogens with zero attached hydrogens (tertiary/aromatic N) is 2. The van der Waals surface area contributed by atoms with Gasteiger partial charge in [-0.15, -0.1) is 0 Å². The van der Waals surface area contributed by atoms with Gasteiger partial charge in [0.1, 0.15) is 0 Å². The van der Waals surface area contributed by atoms with Gasteiger partial charge in [0, 0.05) is 38.4 Å². The van der Waals surface area contributed by atoms with Crippen molar-refractivity contribution in [3.05, 3.63) is 143 Å². The van der Waals surface area contributed by atoms with Crippen LogP contribution in [0.5, 0.6) is 0 Å². The Kier molecular flexibility index (Phi) is 5.33. The van der Waals surface area contributed by atoms with Gasteiger partial charge < -0.3 is 9.47 Å². The normalized spacial score (nSPS) is 15.6. The molecule has 3 heterocycles. The first kappa shape index (κ1) is 27.5. The summed E-state index contributed by atoms with van der Waals surface area (Å²) in [6, 6.07) is 43.6. The van der Waals surface area contributed by atoms with Crippen LogP contribution in [0.2, 0.25) is 0 Å². The second-order valence-corrected chi connectivity index (χ2v) is 15.5. The van der Waals surface area contributed by atoms with Crippen molar-refractivity contribution in [3.63, 3.8) is 0 Å². The van der Waals surface area contributed by atoms with Gasteiger partial charge in [0.2, 0.25) is 0 Å². The topological polar surface area (TPSA) is 8.17 Å². The Morgan fingerprint density at radius 1 is 0.522 bits per heavy atom. The highest BCUT2D eigenvalue weighted by molar-refractivity contribution is 6.15. The Hall–Kier alpha value is -4.82. The summed E-state index contributed by atoms with van der Waals surface area (Å²) in [5.74, 6) is 0. The van der Waals surface area contributed by atoms with Crippen molar-refractivity contribution in [2.45, 2.75) is 64.7 Å². The van der Waals surface area contributed by atoms with E-state index in [2.05, 4.69) is 173 Å². The van der Waals surface area contributed by atoms with Gasteiger partial charge in [0.25, 0.3) is 0 Å². The Morgan fingerprint density at radius 3 is 1.85 bits per heavy atom. The lowest BCUT2D eigenvalue weighted by atomic mass is 9.68. The van der Waals surface area contributed by atoms with E-state index in [9.17, 15) is 0 Å². The first-order valence-electron chi connectivity index (χ1n) is 16.6. The molecular formula is C44H40N2. The minimum Gasteiger partial charge on any atom is -0.310 e. The van der Waals surface area contributed by atoms with Crippen molar-refractivity contribution in [3.8, 4) is 5.69 Å². The molecule has 0 saturated heterocycles. The molecule has 46 heavy (non-hydrogen) atoms. The molecule has 0 saturated carbocycles. The average molecular weight is 597 g/mol. The van der Waals surface area contributed by atoms with E-state index in [4.69, 9.17) is 0 Å². The molecule has 0 bridgehead atoms. The van der Waals surface area contributed by atoms with Crippen LogP contribution in [0.15, 0.2) is 115 Å². The Morgan fingerprint density at radius 2 is 1.11 bits per heavy atom. The van der Waals surface area contributed by atoms with Crippen LogP contribution < -0.4 is 4.90 Å². The number of anilines is 3. The second-order valence-electron chi connectivity index (χ2n) is 15.5. The zero-order chi connectivity index (χ0) is 31.7. The van der Waals surface area contributed by atoms with Gasteiger partial charge in [-0.05, 0) is 69.0 Å². The third-order valence-electron chi connectivity index (χ3n) is 11.1. The van der Waals surface area contributed by atoms with Crippen molar-refractivity contribution in [1.82, 2.24) is 4.57 Å². The molecule has 2 aliphatic rings. The van der Waals surface area contributed by atoms with Crippen LogP contribution in [0.3, 0.4) is 0 Å². The summed E-state index contributed by atoms with van der Waals surface area (Å²) < 4.78 is 2.61. The first-order chi connectivity index (χ1) is 22.0. The van der Waals surface area contributed by atoms with Gasteiger partial charge in [-0.25, -0.2) is 0 Å². The fourth-order valence-electron chi connectivity index (χ4n) is 8.54. The highest BCUT2D eigenvalue weighted by Crippen LogP contribution is 2.56. The molecule has 0 radical (unpaired) electrons. The molecule has 0 spiro atoms. The molecule has 1 aromatic heterocycles. The SMILES string of the molecule is CC(C)(C)c1ccc(N(c2cc3c4c(c2)c2cccc5c2n4-c2c(cccc2C3(C)C)C5(C)C)c2cccc3ccccc23)cc1.